The lowest BCUT2D eigenvalue weighted by Crippen LogP contribution is -2.58. The third-order valence-electron chi connectivity index (χ3n) is 5.86. The highest BCUT2D eigenvalue weighted by Crippen LogP contribution is 2.38. The van der Waals surface area contributed by atoms with E-state index in [1.54, 1.807) is 10.9 Å². The second-order valence-corrected chi connectivity index (χ2v) is 8.28. The van der Waals surface area contributed by atoms with Crippen LogP contribution in [-0.4, -0.2) is 51.8 Å². The number of rotatable bonds is 4. The van der Waals surface area contributed by atoms with Crippen LogP contribution in [0.25, 0.3) is 0 Å². The summed E-state index contributed by atoms with van der Waals surface area (Å²) >= 11 is 1.44. The van der Waals surface area contributed by atoms with E-state index >= 15 is 0 Å². The third-order valence-corrected chi connectivity index (χ3v) is 6.45. The molecular weight excluding hydrogens is 358 g/mol. The monoisotopic (exact) mass is 383 g/mol. The van der Waals surface area contributed by atoms with Gasteiger partial charge in [-0.25, -0.2) is 4.98 Å². The molecule has 27 heavy (non-hydrogen) atoms. The first-order valence-electron chi connectivity index (χ1n) is 9.70. The third kappa shape index (κ3) is 3.76. The standard InChI is InChI=1S/C21H25N3O2S/c25-19(9-8-17-6-2-1-3-7-17)24-13-5-11-21(24)10-4-12-23(15-21)20(26)18-14-27-16-22-18/h1-3,6-7,14,16H,4-5,8-13,15H2/t21-/m1/s1. The highest BCUT2D eigenvalue weighted by atomic mass is 32.1. The van der Waals surface area contributed by atoms with Gasteiger partial charge in [0.1, 0.15) is 5.69 Å². The van der Waals surface area contributed by atoms with Gasteiger partial charge in [-0.05, 0) is 37.7 Å². The van der Waals surface area contributed by atoms with Crippen molar-refractivity contribution in [1.29, 1.82) is 0 Å². The lowest BCUT2D eigenvalue weighted by Gasteiger charge is -2.46. The summed E-state index contributed by atoms with van der Waals surface area (Å²) < 4.78 is 0. The average Bonchev–Trinajstić information content (AvgIpc) is 3.37. The van der Waals surface area contributed by atoms with Crippen molar-refractivity contribution >= 4 is 23.2 Å². The summed E-state index contributed by atoms with van der Waals surface area (Å²) in [6.07, 6.45) is 5.25. The van der Waals surface area contributed by atoms with Gasteiger partial charge in [-0.2, -0.15) is 0 Å². The van der Waals surface area contributed by atoms with E-state index < -0.39 is 0 Å². The summed E-state index contributed by atoms with van der Waals surface area (Å²) in [6, 6.07) is 10.2. The van der Waals surface area contributed by atoms with Gasteiger partial charge >= 0.3 is 0 Å². The predicted octanol–water partition coefficient (Wildman–Crippen LogP) is 3.37. The molecular formula is C21H25N3O2S. The minimum absolute atomic E-state index is 0.00101. The maximum absolute atomic E-state index is 13.0. The normalized spacial score (nSPS) is 22.4. The molecule has 2 amide bonds. The first kappa shape index (κ1) is 18.2. The van der Waals surface area contributed by atoms with Crippen molar-refractivity contribution in [3.8, 4) is 0 Å². The second kappa shape index (κ2) is 7.80. The Labute approximate surface area is 164 Å². The van der Waals surface area contributed by atoms with Crippen molar-refractivity contribution in [1.82, 2.24) is 14.8 Å². The summed E-state index contributed by atoms with van der Waals surface area (Å²) in [7, 11) is 0. The van der Waals surface area contributed by atoms with Crippen LogP contribution >= 0.6 is 11.3 Å². The fourth-order valence-corrected chi connectivity index (χ4v) is 5.07. The van der Waals surface area contributed by atoms with Gasteiger partial charge in [-0.1, -0.05) is 30.3 Å². The number of carbonyl (C=O) groups excluding carboxylic acids is 2. The highest BCUT2D eigenvalue weighted by Gasteiger charge is 2.46. The van der Waals surface area contributed by atoms with Crippen molar-refractivity contribution in [3.05, 3.63) is 52.5 Å². The molecule has 1 spiro atoms. The summed E-state index contributed by atoms with van der Waals surface area (Å²) in [6.45, 7) is 2.21. The molecule has 2 saturated heterocycles. The maximum Gasteiger partial charge on any atom is 0.273 e. The van der Waals surface area contributed by atoms with E-state index in [2.05, 4.69) is 22.0 Å². The van der Waals surface area contributed by atoms with E-state index in [-0.39, 0.29) is 17.4 Å². The molecule has 0 saturated carbocycles. The molecule has 5 nitrogen and oxygen atoms in total. The molecule has 1 atom stereocenters. The Morgan fingerprint density at radius 1 is 1.11 bits per heavy atom. The number of benzene rings is 1. The molecule has 0 aliphatic carbocycles. The minimum atomic E-state index is -0.183. The Bertz CT molecular complexity index is 793. The molecule has 0 unspecified atom stereocenters. The maximum atomic E-state index is 13.0. The van der Waals surface area contributed by atoms with Crippen LogP contribution in [0.4, 0.5) is 0 Å². The number of nitrogens with zero attached hydrogens (tertiary/aromatic N) is 3. The number of aromatic nitrogens is 1. The zero-order valence-corrected chi connectivity index (χ0v) is 16.3. The smallest absolute Gasteiger partial charge is 0.273 e. The average molecular weight is 384 g/mol. The number of piperidine rings is 1. The Hall–Kier alpha value is -2.21. The molecule has 2 aliphatic heterocycles. The Balaban J connectivity index is 1.44. The zero-order valence-electron chi connectivity index (χ0n) is 15.5. The van der Waals surface area contributed by atoms with Crippen LogP contribution in [-0.2, 0) is 11.2 Å². The van der Waals surface area contributed by atoms with Crippen molar-refractivity contribution < 1.29 is 9.59 Å². The van der Waals surface area contributed by atoms with Crippen LogP contribution in [0.3, 0.4) is 0 Å². The Morgan fingerprint density at radius 2 is 1.89 bits per heavy atom. The number of aryl methyl sites for hydroxylation is 1. The topological polar surface area (TPSA) is 53.5 Å². The highest BCUT2D eigenvalue weighted by molar-refractivity contribution is 7.07. The van der Waals surface area contributed by atoms with Crippen molar-refractivity contribution in [2.24, 2.45) is 0 Å². The van der Waals surface area contributed by atoms with Crippen LogP contribution in [0.15, 0.2) is 41.2 Å². The molecule has 2 aromatic rings. The summed E-state index contributed by atoms with van der Waals surface area (Å²) in [5.74, 6) is 0.221. The number of hydrogen-bond donors (Lipinski definition) is 0. The van der Waals surface area contributed by atoms with E-state index in [1.165, 1.54) is 16.9 Å². The first-order valence-corrected chi connectivity index (χ1v) is 10.6. The number of carbonyl (C=O) groups is 2. The van der Waals surface area contributed by atoms with Gasteiger partial charge in [0.25, 0.3) is 5.91 Å². The number of thiazole rings is 1. The van der Waals surface area contributed by atoms with Crippen molar-refractivity contribution in [2.75, 3.05) is 19.6 Å². The van der Waals surface area contributed by atoms with Gasteiger partial charge in [0.05, 0.1) is 11.0 Å². The quantitative estimate of drug-likeness (QED) is 0.813. The molecule has 4 rings (SSSR count). The van der Waals surface area contributed by atoms with E-state index in [4.69, 9.17) is 0 Å². The fourth-order valence-electron chi connectivity index (χ4n) is 4.55. The van der Waals surface area contributed by atoms with E-state index in [9.17, 15) is 9.59 Å². The second-order valence-electron chi connectivity index (χ2n) is 7.56. The van der Waals surface area contributed by atoms with Crippen LogP contribution in [0.5, 0.6) is 0 Å². The van der Waals surface area contributed by atoms with Crippen LogP contribution in [0.2, 0.25) is 0 Å². The fraction of sp³-hybridized carbons (Fsp3) is 0.476. The molecule has 0 bridgehead atoms. The predicted molar refractivity (Wildman–Crippen MR) is 106 cm³/mol. The number of hydrogen-bond acceptors (Lipinski definition) is 4. The number of amides is 2. The lowest BCUT2D eigenvalue weighted by molar-refractivity contribution is -0.137. The molecule has 142 valence electrons. The van der Waals surface area contributed by atoms with Gasteiger partial charge in [-0.3, -0.25) is 9.59 Å². The Morgan fingerprint density at radius 3 is 2.63 bits per heavy atom. The molecule has 1 aromatic carbocycles. The summed E-state index contributed by atoms with van der Waals surface area (Å²) in [5, 5.41) is 1.81. The molecule has 1 aromatic heterocycles. The molecule has 2 fully saturated rings. The van der Waals surface area contributed by atoms with Gasteiger partial charge in [0, 0.05) is 31.4 Å². The zero-order chi connectivity index (χ0) is 18.7. The van der Waals surface area contributed by atoms with Gasteiger partial charge in [-0.15, -0.1) is 11.3 Å². The van der Waals surface area contributed by atoms with Crippen molar-refractivity contribution in [3.63, 3.8) is 0 Å². The van der Waals surface area contributed by atoms with Crippen LogP contribution in [0.1, 0.15) is 48.2 Å². The molecule has 6 heteroatoms. The van der Waals surface area contributed by atoms with Gasteiger partial charge < -0.3 is 9.80 Å². The molecule has 0 N–H and O–H groups in total. The van der Waals surface area contributed by atoms with Crippen LogP contribution < -0.4 is 0 Å². The Kier molecular flexibility index (Phi) is 5.25. The van der Waals surface area contributed by atoms with Crippen LogP contribution in [0, 0.1) is 0 Å². The largest absolute Gasteiger partial charge is 0.335 e. The molecule has 3 heterocycles. The molecule has 2 aliphatic rings. The molecule has 0 radical (unpaired) electrons. The SMILES string of the molecule is O=C(c1cscn1)N1CCC[C@@]2(CCCN2C(=O)CCc2ccccc2)C1. The van der Waals surface area contributed by atoms with E-state index in [0.717, 1.165) is 45.2 Å². The minimum Gasteiger partial charge on any atom is -0.335 e. The van der Waals surface area contributed by atoms with Crippen molar-refractivity contribution in [2.45, 2.75) is 44.1 Å². The van der Waals surface area contributed by atoms with E-state index in [1.807, 2.05) is 23.1 Å². The summed E-state index contributed by atoms with van der Waals surface area (Å²) in [4.78, 5) is 33.9. The van der Waals surface area contributed by atoms with Gasteiger partial charge in [0.15, 0.2) is 0 Å². The lowest BCUT2D eigenvalue weighted by atomic mass is 9.86. The summed E-state index contributed by atoms with van der Waals surface area (Å²) in [5.41, 5.74) is 3.24. The van der Waals surface area contributed by atoms with E-state index in [0.29, 0.717) is 18.7 Å². The first-order chi connectivity index (χ1) is 13.2. The number of likely N-dealkylation sites (tertiary alicyclic amines) is 2. The van der Waals surface area contributed by atoms with Gasteiger partial charge in [0.2, 0.25) is 5.91 Å².